The average Bonchev–Trinajstić information content (AvgIpc) is 2.26. The number of halogens is 1. The fraction of sp³-hybridized carbons (Fsp3) is 0.417. The molecule has 0 bridgehead atoms. The van der Waals surface area contributed by atoms with Crippen LogP contribution in [-0.2, 0) is 5.75 Å². The topological polar surface area (TPSA) is 37.3 Å². The van der Waals surface area contributed by atoms with E-state index in [1.807, 2.05) is 17.8 Å². The number of benzene rings is 1. The number of unbranched alkanes of at least 4 members (excludes halogenated alkanes) is 1. The van der Waals surface area contributed by atoms with Gasteiger partial charge in [0.25, 0.3) is 0 Å². The van der Waals surface area contributed by atoms with Gasteiger partial charge in [-0.1, -0.05) is 35.3 Å². The van der Waals surface area contributed by atoms with Gasteiger partial charge in [0.05, 0.1) is 5.56 Å². The van der Waals surface area contributed by atoms with Crippen LogP contribution in [0.15, 0.2) is 22.7 Å². The molecule has 0 amide bonds. The standard InChI is InChI=1S/C12H15BrO2S/c1-2-3-6-16-8-10-5-4-9(12(14)15)7-11(10)13/h4-5,7H,2-3,6,8H2,1H3,(H,14,15). The van der Waals surface area contributed by atoms with Gasteiger partial charge in [-0.05, 0) is 29.9 Å². The fourth-order valence-corrected chi connectivity index (χ4v) is 3.04. The lowest BCUT2D eigenvalue weighted by atomic mass is 10.1. The van der Waals surface area contributed by atoms with Crippen molar-refractivity contribution in [3.8, 4) is 0 Å². The Balaban J connectivity index is 2.57. The van der Waals surface area contributed by atoms with Crippen LogP contribution in [0.1, 0.15) is 35.7 Å². The predicted octanol–water partition coefficient (Wildman–Crippen LogP) is 4.18. The Morgan fingerprint density at radius 3 is 2.81 bits per heavy atom. The number of carboxylic acids is 1. The summed E-state index contributed by atoms with van der Waals surface area (Å²) in [6.07, 6.45) is 2.45. The molecule has 1 aromatic carbocycles. The van der Waals surface area contributed by atoms with E-state index >= 15 is 0 Å². The molecule has 16 heavy (non-hydrogen) atoms. The summed E-state index contributed by atoms with van der Waals surface area (Å²) in [5.41, 5.74) is 1.49. The summed E-state index contributed by atoms with van der Waals surface area (Å²) in [5, 5.41) is 8.82. The van der Waals surface area contributed by atoms with Crippen LogP contribution in [0.25, 0.3) is 0 Å². The quantitative estimate of drug-likeness (QED) is 0.801. The lowest BCUT2D eigenvalue weighted by Gasteiger charge is -2.05. The molecule has 0 heterocycles. The number of carbonyl (C=O) groups is 1. The highest BCUT2D eigenvalue weighted by Gasteiger charge is 2.06. The Kier molecular flexibility index (Phi) is 5.91. The van der Waals surface area contributed by atoms with E-state index in [0.717, 1.165) is 21.5 Å². The number of rotatable bonds is 6. The molecule has 0 saturated carbocycles. The smallest absolute Gasteiger partial charge is 0.335 e. The van der Waals surface area contributed by atoms with Crippen molar-refractivity contribution < 1.29 is 9.90 Å². The summed E-state index contributed by atoms with van der Waals surface area (Å²) in [5.74, 6) is 1.20. The minimum atomic E-state index is -0.883. The van der Waals surface area contributed by atoms with E-state index in [4.69, 9.17) is 5.11 Å². The highest BCUT2D eigenvalue weighted by molar-refractivity contribution is 9.10. The number of carboxylic acid groups (broad SMARTS) is 1. The van der Waals surface area contributed by atoms with Crippen molar-refractivity contribution in [2.24, 2.45) is 0 Å². The molecule has 4 heteroatoms. The largest absolute Gasteiger partial charge is 0.478 e. The molecule has 0 saturated heterocycles. The molecule has 1 aromatic rings. The lowest BCUT2D eigenvalue weighted by Crippen LogP contribution is -1.97. The van der Waals surface area contributed by atoms with Crippen LogP contribution in [0.2, 0.25) is 0 Å². The van der Waals surface area contributed by atoms with Crippen LogP contribution in [0.3, 0.4) is 0 Å². The molecule has 0 atom stereocenters. The van der Waals surface area contributed by atoms with Crippen molar-refractivity contribution in [2.75, 3.05) is 5.75 Å². The monoisotopic (exact) mass is 302 g/mol. The molecule has 0 fully saturated rings. The summed E-state index contributed by atoms with van der Waals surface area (Å²) in [7, 11) is 0. The van der Waals surface area contributed by atoms with E-state index in [-0.39, 0.29) is 0 Å². The van der Waals surface area contributed by atoms with Gasteiger partial charge in [-0.2, -0.15) is 11.8 Å². The van der Waals surface area contributed by atoms with Gasteiger partial charge in [-0.15, -0.1) is 0 Å². The van der Waals surface area contributed by atoms with E-state index in [1.165, 1.54) is 12.8 Å². The third-order valence-electron chi connectivity index (χ3n) is 2.20. The molecule has 0 aromatic heterocycles. The van der Waals surface area contributed by atoms with Gasteiger partial charge < -0.3 is 5.11 Å². The Labute approximate surface area is 109 Å². The van der Waals surface area contributed by atoms with Crippen molar-refractivity contribution in [1.82, 2.24) is 0 Å². The Bertz CT molecular complexity index is 366. The third-order valence-corrected chi connectivity index (χ3v) is 4.03. The predicted molar refractivity (Wildman–Crippen MR) is 72.2 cm³/mol. The summed E-state index contributed by atoms with van der Waals surface area (Å²) in [6.45, 7) is 2.18. The summed E-state index contributed by atoms with van der Waals surface area (Å²) in [4.78, 5) is 10.7. The van der Waals surface area contributed by atoms with Gasteiger partial charge >= 0.3 is 5.97 Å². The van der Waals surface area contributed by atoms with Crippen LogP contribution in [0.4, 0.5) is 0 Å². The van der Waals surface area contributed by atoms with Gasteiger partial charge in [-0.25, -0.2) is 4.79 Å². The highest BCUT2D eigenvalue weighted by Crippen LogP contribution is 2.23. The molecule has 0 radical (unpaired) electrons. The zero-order valence-corrected chi connectivity index (χ0v) is 11.6. The second-order valence-electron chi connectivity index (χ2n) is 3.52. The van der Waals surface area contributed by atoms with Crippen molar-refractivity contribution in [3.63, 3.8) is 0 Å². The van der Waals surface area contributed by atoms with E-state index < -0.39 is 5.97 Å². The van der Waals surface area contributed by atoms with Crippen LogP contribution in [0.5, 0.6) is 0 Å². The van der Waals surface area contributed by atoms with Crippen LogP contribution in [0, 0.1) is 0 Å². The van der Waals surface area contributed by atoms with Crippen molar-refractivity contribution in [2.45, 2.75) is 25.5 Å². The van der Waals surface area contributed by atoms with Gasteiger partial charge in [0.1, 0.15) is 0 Å². The summed E-state index contributed by atoms with van der Waals surface area (Å²) < 4.78 is 0.886. The molecular weight excluding hydrogens is 288 g/mol. The first-order chi connectivity index (χ1) is 7.65. The molecule has 0 aliphatic carbocycles. The number of hydrogen-bond donors (Lipinski definition) is 1. The molecule has 0 aliphatic rings. The first-order valence-corrected chi connectivity index (χ1v) is 7.19. The molecule has 1 rings (SSSR count). The van der Waals surface area contributed by atoms with Crippen LogP contribution in [-0.4, -0.2) is 16.8 Å². The Hall–Kier alpha value is -0.480. The maximum Gasteiger partial charge on any atom is 0.335 e. The summed E-state index contributed by atoms with van der Waals surface area (Å²) >= 11 is 5.29. The molecule has 2 nitrogen and oxygen atoms in total. The SMILES string of the molecule is CCCCSCc1ccc(C(=O)O)cc1Br. The molecule has 1 N–H and O–H groups in total. The number of thioether (sulfide) groups is 1. The fourth-order valence-electron chi connectivity index (χ4n) is 1.23. The minimum absolute atomic E-state index is 0.328. The molecule has 0 unspecified atom stereocenters. The first kappa shape index (κ1) is 13.6. The first-order valence-electron chi connectivity index (χ1n) is 5.24. The molecule has 0 spiro atoms. The Morgan fingerprint density at radius 1 is 1.50 bits per heavy atom. The van der Waals surface area contributed by atoms with Gasteiger partial charge in [-0.3, -0.25) is 0 Å². The number of hydrogen-bond acceptors (Lipinski definition) is 2. The van der Waals surface area contributed by atoms with E-state index in [1.54, 1.807) is 12.1 Å². The average molecular weight is 303 g/mol. The lowest BCUT2D eigenvalue weighted by molar-refractivity contribution is 0.0697. The number of aromatic carboxylic acids is 1. The minimum Gasteiger partial charge on any atom is -0.478 e. The van der Waals surface area contributed by atoms with E-state index in [0.29, 0.717) is 5.56 Å². The van der Waals surface area contributed by atoms with Gasteiger partial charge in [0, 0.05) is 10.2 Å². The molecule has 88 valence electrons. The van der Waals surface area contributed by atoms with Crippen molar-refractivity contribution in [1.29, 1.82) is 0 Å². The third kappa shape index (κ3) is 4.18. The van der Waals surface area contributed by atoms with E-state index in [2.05, 4.69) is 22.9 Å². The Morgan fingerprint density at radius 2 is 2.25 bits per heavy atom. The highest BCUT2D eigenvalue weighted by atomic mass is 79.9. The zero-order chi connectivity index (χ0) is 12.0. The second kappa shape index (κ2) is 6.97. The maximum absolute atomic E-state index is 10.7. The maximum atomic E-state index is 10.7. The molecule has 0 aliphatic heterocycles. The van der Waals surface area contributed by atoms with Crippen molar-refractivity contribution in [3.05, 3.63) is 33.8 Å². The van der Waals surface area contributed by atoms with E-state index in [9.17, 15) is 4.79 Å². The second-order valence-corrected chi connectivity index (χ2v) is 5.48. The van der Waals surface area contributed by atoms with Gasteiger partial charge in [0.15, 0.2) is 0 Å². The molecular formula is C12H15BrO2S. The van der Waals surface area contributed by atoms with Crippen molar-refractivity contribution >= 4 is 33.7 Å². The zero-order valence-electron chi connectivity index (χ0n) is 9.20. The summed E-state index contributed by atoms with van der Waals surface area (Å²) in [6, 6.07) is 5.20. The van der Waals surface area contributed by atoms with Crippen LogP contribution < -0.4 is 0 Å². The van der Waals surface area contributed by atoms with Gasteiger partial charge in [0.2, 0.25) is 0 Å². The normalized spacial score (nSPS) is 10.4. The van der Waals surface area contributed by atoms with Crippen LogP contribution >= 0.6 is 27.7 Å².